The summed E-state index contributed by atoms with van der Waals surface area (Å²) < 4.78 is 42.3. The van der Waals surface area contributed by atoms with Gasteiger partial charge in [0.15, 0.2) is 0 Å². The number of halogens is 3. The van der Waals surface area contributed by atoms with Crippen LogP contribution in [0.4, 0.5) is 13.2 Å². The zero-order chi connectivity index (χ0) is 22.3. The minimum absolute atomic E-state index is 0.121. The number of alkyl halides is 3. The molecule has 4 aromatic heterocycles. The highest BCUT2D eigenvalue weighted by Gasteiger charge is 2.31. The van der Waals surface area contributed by atoms with E-state index in [1.807, 2.05) is 0 Å². The highest BCUT2D eigenvalue weighted by atomic mass is 19.4. The van der Waals surface area contributed by atoms with Crippen LogP contribution in [0, 0.1) is 0 Å². The first-order valence-corrected chi connectivity index (χ1v) is 10.4. The number of hydrogen-bond donors (Lipinski definition) is 0. The van der Waals surface area contributed by atoms with E-state index in [-0.39, 0.29) is 17.1 Å². The van der Waals surface area contributed by atoms with Crippen LogP contribution in [0.3, 0.4) is 0 Å². The largest absolute Gasteiger partial charge is 0.408 e. The molecule has 1 fully saturated rings. The first-order chi connectivity index (χ1) is 15.4. The van der Waals surface area contributed by atoms with Gasteiger partial charge < -0.3 is 4.90 Å². The average molecular weight is 443 g/mol. The molecule has 5 rings (SSSR count). The molecule has 0 radical (unpaired) electrons. The van der Waals surface area contributed by atoms with Crippen molar-refractivity contribution in [1.82, 2.24) is 34.3 Å². The Morgan fingerprint density at radius 2 is 1.81 bits per heavy atom. The number of pyridine rings is 1. The first-order valence-electron chi connectivity index (χ1n) is 10.4. The predicted octanol–water partition coefficient (Wildman–Crippen LogP) is 3.72. The van der Waals surface area contributed by atoms with Gasteiger partial charge in [0.25, 0.3) is 5.91 Å². The van der Waals surface area contributed by atoms with Gasteiger partial charge in [-0.25, -0.2) is 4.52 Å². The molecule has 1 saturated heterocycles. The van der Waals surface area contributed by atoms with Crippen LogP contribution in [0.2, 0.25) is 0 Å². The second-order valence-corrected chi connectivity index (χ2v) is 7.88. The second kappa shape index (κ2) is 7.88. The molecule has 0 N–H and O–H groups in total. The number of carbonyl (C=O) groups excluding carboxylic acids is 1. The third kappa shape index (κ3) is 3.78. The first kappa shape index (κ1) is 20.4. The molecule has 4 aromatic rings. The van der Waals surface area contributed by atoms with Crippen LogP contribution in [-0.4, -0.2) is 59.4 Å². The van der Waals surface area contributed by atoms with Gasteiger partial charge in [-0.15, -0.1) is 0 Å². The molecule has 0 spiro atoms. The van der Waals surface area contributed by atoms with Crippen LogP contribution in [0.15, 0.2) is 37.1 Å². The Hall–Kier alpha value is -3.50. The molecule has 0 unspecified atom stereocenters. The molecule has 5 heterocycles. The van der Waals surface area contributed by atoms with Crippen LogP contribution in [0.5, 0.6) is 0 Å². The van der Waals surface area contributed by atoms with E-state index in [9.17, 15) is 18.0 Å². The SMILES string of the molecule is O=C(c1cc2c(cn1)c(-c1cnn3ccncc13)nn2CC(F)(F)F)N1CCCCCC1. The fourth-order valence-electron chi connectivity index (χ4n) is 4.13. The van der Waals surface area contributed by atoms with E-state index in [0.717, 1.165) is 30.4 Å². The fraction of sp³-hybridized carbons (Fsp3) is 0.381. The standard InChI is InChI=1S/C21H20F3N7O/c22-21(23,24)13-31-17-9-16(20(32)29-6-3-1-2-4-7-29)26-10-14(17)19(28-31)15-11-27-30-8-5-25-12-18(15)30/h5,8-12H,1-4,6-7,13H2. The molecule has 1 aliphatic rings. The van der Waals surface area contributed by atoms with Gasteiger partial charge in [0, 0.05) is 37.1 Å². The molecule has 8 nitrogen and oxygen atoms in total. The summed E-state index contributed by atoms with van der Waals surface area (Å²) in [5.41, 5.74) is 1.78. The highest BCUT2D eigenvalue weighted by molar-refractivity contribution is 6.00. The molecular weight excluding hydrogens is 423 g/mol. The van der Waals surface area contributed by atoms with Gasteiger partial charge in [0.05, 0.1) is 29.0 Å². The van der Waals surface area contributed by atoms with Gasteiger partial charge in [0.1, 0.15) is 17.9 Å². The molecule has 166 valence electrons. The molecule has 0 saturated carbocycles. The summed E-state index contributed by atoms with van der Waals surface area (Å²) >= 11 is 0. The maximum absolute atomic E-state index is 13.3. The van der Waals surface area contributed by atoms with Crippen LogP contribution < -0.4 is 0 Å². The highest BCUT2D eigenvalue weighted by Crippen LogP contribution is 2.32. The summed E-state index contributed by atoms with van der Waals surface area (Å²) in [7, 11) is 0. The second-order valence-electron chi connectivity index (χ2n) is 7.88. The number of rotatable bonds is 3. The van der Waals surface area contributed by atoms with Crippen molar-refractivity contribution in [2.75, 3.05) is 13.1 Å². The molecule has 1 amide bonds. The van der Waals surface area contributed by atoms with Crippen LogP contribution in [-0.2, 0) is 6.54 Å². The van der Waals surface area contributed by atoms with Crippen LogP contribution in [0.25, 0.3) is 27.7 Å². The lowest BCUT2D eigenvalue weighted by atomic mass is 10.1. The Morgan fingerprint density at radius 1 is 1.03 bits per heavy atom. The number of carbonyl (C=O) groups is 1. The summed E-state index contributed by atoms with van der Waals surface area (Å²) in [5, 5.41) is 8.89. The van der Waals surface area contributed by atoms with Crippen LogP contribution >= 0.6 is 0 Å². The summed E-state index contributed by atoms with van der Waals surface area (Å²) in [5.74, 6) is -0.268. The monoisotopic (exact) mass is 443 g/mol. The number of fused-ring (bicyclic) bond motifs is 2. The van der Waals surface area contributed by atoms with Crippen molar-refractivity contribution in [2.24, 2.45) is 0 Å². The third-order valence-corrected chi connectivity index (χ3v) is 5.66. The van der Waals surface area contributed by atoms with Gasteiger partial charge in [-0.1, -0.05) is 12.8 Å². The Balaban J connectivity index is 1.62. The zero-order valence-corrected chi connectivity index (χ0v) is 17.1. The van der Waals surface area contributed by atoms with Gasteiger partial charge in [-0.3, -0.25) is 19.4 Å². The number of amides is 1. The quantitative estimate of drug-likeness (QED) is 0.482. The van der Waals surface area contributed by atoms with Gasteiger partial charge >= 0.3 is 6.18 Å². The molecule has 32 heavy (non-hydrogen) atoms. The predicted molar refractivity (Wildman–Crippen MR) is 110 cm³/mol. The zero-order valence-electron chi connectivity index (χ0n) is 17.1. The minimum atomic E-state index is -4.48. The summed E-state index contributed by atoms with van der Waals surface area (Å²) in [6.07, 6.45) is 7.20. The van der Waals surface area contributed by atoms with E-state index in [1.165, 1.54) is 18.5 Å². The average Bonchev–Trinajstić information content (AvgIpc) is 3.21. The lowest BCUT2D eigenvalue weighted by molar-refractivity contribution is -0.141. The van der Waals surface area contributed by atoms with E-state index in [4.69, 9.17) is 0 Å². The van der Waals surface area contributed by atoms with E-state index >= 15 is 0 Å². The van der Waals surface area contributed by atoms with Crippen molar-refractivity contribution in [2.45, 2.75) is 38.4 Å². The molecule has 0 aliphatic carbocycles. The fourth-order valence-corrected chi connectivity index (χ4v) is 4.13. The van der Waals surface area contributed by atoms with Crippen molar-refractivity contribution >= 4 is 22.3 Å². The molecule has 1 aliphatic heterocycles. The van der Waals surface area contributed by atoms with Gasteiger partial charge in [-0.2, -0.15) is 23.4 Å². The molecule has 0 atom stereocenters. The van der Waals surface area contributed by atoms with Gasteiger partial charge in [0.2, 0.25) is 0 Å². The smallest absolute Gasteiger partial charge is 0.337 e. The van der Waals surface area contributed by atoms with E-state index in [0.29, 0.717) is 35.2 Å². The summed E-state index contributed by atoms with van der Waals surface area (Å²) in [6.45, 7) is -0.0235. The number of hydrogen-bond acceptors (Lipinski definition) is 5. The molecular formula is C21H20F3N7O. The number of nitrogens with zero attached hydrogens (tertiary/aromatic N) is 7. The summed E-state index contributed by atoms with van der Waals surface area (Å²) in [6, 6.07) is 1.41. The normalized spacial score (nSPS) is 15.4. The van der Waals surface area contributed by atoms with E-state index in [1.54, 1.807) is 28.0 Å². The number of likely N-dealkylation sites (tertiary alicyclic amines) is 1. The van der Waals surface area contributed by atoms with Crippen LogP contribution in [0.1, 0.15) is 36.2 Å². The Morgan fingerprint density at radius 3 is 2.56 bits per heavy atom. The van der Waals surface area contributed by atoms with Crippen molar-refractivity contribution in [3.8, 4) is 11.3 Å². The van der Waals surface area contributed by atoms with Crippen molar-refractivity contribution in [3.63, 3.8) is 0 Å². The molecule has 0 bridgehead atoms. The summed E-state index contributed by atoms with van der Waals surface area (Å²) in [4.78, 5) is 23.1. The van der Waals surface area contributed by atoms with Crippen molar-refractivity contribution < 1.29 is 18.0 Å². The van der Waals surface area contributed by atoms with Crippen molar-refractivity contribution in [3.05, 3.63) is 42.7 Å². The maximum atomic E-state index is 13.3. The maximum Gasteiger partial charge on any atom is 0.408 e. The number of aromatic nitrogens is 6. The Bertz CT molecular complexity index is 1290. The van der Waals surface area contributed by atoms with E-state index < -0.39 is 12.7 Å². The topological polar surface area (TPSA) is 81.2 Å². The van der Waals surface area contributed by atoms with Crippen molar-refractivity contribution in [1.29, 1.82) is 0 Å². The van der Waals surface area contributed by atoms with Gasteiger partial charge in [-0.05, 0) is 18.9 Å². The molecule has 0 aromatic carbocycles. The molecule has 11 heteroatoms. The minimum Gasteiger partial charge on any atom is -0.337 e. The third-order valence-electron chi connectivity index (χ3n) is 5.66. The lowest BCUT2D eigenvalue weighted by Crippen LogP contribution is -2.32. The Kier molecular flexibility index (Phi) is 5.03. The van der Waals surface area contributed by atoms with E-state index in [2.05, 4.69) is 20.2 Å². The Labute approximate surface area is 180 Å². The lowest BCUT2D eigenvalue weighted by Gasteiger charge is -2.19.